The van der Waals surface area contributed by atoms with Crippen molar-refractivity contribution in [3.63, 3.8) is 0 Å². The summed E-state index contributed by atoms with van der Waals surface area (Å²) < 4.78 is 0. The molecule has 0 aliphatic carbocycles. The standard InChI is InChI=1S/C5H9NO2S/c1-8-6-3-2-4-9-5(6)7/h2-4H2,1H3. The molecule has 52 valence electrons. The zero-order chi connectivity index (χ0) is 6.69. The average Bonchev–Trinajstić information content (AvgIpc) is 1.89. The monoisotopic (exact) mass is 147 g/mol. The van der Waals surface area contributed by atoms with Crippen molar-refractivity contribution in [2.45, 2.75) is 6.42 Å². The Balaban J connectivity index is 2.39. The van der Waals surface area contributed by atoms with Crippen LogP contribution in [0.3, 0.4) is 0 Å². The van der Waals surface area contributed by atoms with Crippen LogP contribution in [0, 0.1) is 0 Å². The second-order valence-corrected chi connectivity index (χ2v) is 2.80. The smallest absolute Gasteiger partial charge is 0.274 e. The van der Waals surface area contributed by atoms with Crippen molar-refractivity contribution in [2.24, 2.45) is 0 Å². The van der Waals surface area contributed by atoms with Crippen LogP contribution in [0.2, 0.25) is 0 Å². The Morgan fingerprint density at radius 3 is 3.00 bits per heavy atom. The van der Waals surface area contributed by atoms with Gasteiger partial charge in [-0.25, -0.2) is 5.06 Å². The highest BCUT2D eigenvalue weighted by atomic mass is 32.2. The number of carbonyl (C=O) groups excluding carboxylic acids is 1. The van der Waals surface area contributed by atoms with Crippen LogP contribution in [0.5, 0.6) is 0 Å². The highest BCUT2D eigenvalue weighted by molar-refractivity contribution is 8.13. The Morgan fingerprint density at radius 1 is 1.78 bits per heavy atom. The van der Waals surface area contributed by atoms with Crippen LogP contribution in [0.1, 0.15) is 6.42 Å². The van der Waals surface area contributed by atoms with E-state index in [2.05, 4.69) is 0 Å². The second kappa shape index (κ2) is 3.08. The van der Waals surface area contributed by atoms with Crippen molar-refractivity contribution < 1.29 is 9.63 Å². The molecule has 1 aliphatic rings. The first-order chi connectivity index (χ1) is 4.34. The maximum absolute atomic E-state index is 10.8. The molecule has 0 aromatic heterocycles. The lowest BCUT2D eigenvalue weighted by Crippen LogP contribution is -2.31. The van der Waals surface area contributed by atoms with Gasteiger partial charge in [0.1, 0.15) is 0 Å². The van der Waals surface area contributed by atoms with Gasteiger partial charge in [0.25, 0.3) is 0 Å². The van der Waals surface area contributed by atoms with Gasteiger partial charge in [-0.3, -0.25) is 9.63 Å². The van der Waals surface area contributed by atoms with Gasteiger partial charge in [0.2, 0.25) is 0 Å². The number of rotatable bonds is 1. The Hall–Kier alpha value is -0.220. The number of nitrogens with zero attached hydrogens (tertiary/aromatic N) is 1. The van der Waals surface area contributed by atoms with Gasteiger partial charge in [0, 0.05) is 5.75 Å². The van der Waals surface area contributed by atoms with Crippen molar-refractivity contribution in [1.82, 2.24) is 5.06 Å². The van der Waals surface area contributed by atoms with E-state index in [9.17, 15) is 4.79 Å². The highest BCUT2D eigenvalue weighted by Gasteiger charge is 2.17. The third kappa shape index (κ3) is 1.59. The molecule has 0 aromatic rings. The van der Waals surface area contributed by atoms with E-state index >= 15 is 0 Å². The van der Waals surface area contributed by atoms with Gasteiger partial charge in [-0.05, 0) is 6.42 Å². The van der Waals surface area contributed by atoms with Gasteiger partial charge in [0.05, 0.1) is 13.7 Å². The van der Waals surface area contributed by atoms with Crippen molar-refractivity contribution >= 4 is 17.0 Å². The van der Waals surface area contributed by atoms with E-state index in [1.165, 1.54) is 23.9 Å². The summed E-state index contributed by atoms with van der Waals surface area (Å²) >= 11 is 1.31. The Labute approximate surface area is 58.3 Å². The Morgan fingerprint density at radius 2 is 2.56 bits per heavy atom. The maximum atomic E-state index is 10.8. The molecule has 9 heavy (non-hydrogen) atoms. The molecule has 1 heterocycles. The number of carbonyl (C=O) groups is 1. The molecule has 3 nitrogen and oxygen atoms in total. The molecule has 1 amide bonds. The molecular weight excluding hydrogens is 138 g/mol. The van der Waals surface area contributed by atoms with Crippen LogP contribution in [-0.2, 0) is 4.84 Å². The summed E-state index contributed by atoms with van der Waals surface area (Å²) in [5.41, 5.74) is 0. The van der Waals surface area contributed by atoms with Gasteiger partial charge >= 0.3 is 5.24 Å². The topological polar surface area (TPSA) is 29.5 Å². The van der Waals surface area contributed by atoms with E-state index in [1.54, 1.807) is 0 Å². The molecule has 0 bridgehead atoms. The van der Waals surface area contributed by atoms with Crippen LogP contribution < -0.4 is 0 Å². The minimum atomic E-state index is 0.0313. The fraction of sp³-hybridized carbons (Fsp3) is 0.800. The molecule has 1 fully saturated rings. The highest BCUT2D eigenvalue weighted by Crippen LogP contribution is 2.16. The molecule has 0 atom stereocenters. The normalized spacial score (nSPS) is 20.6. The average molecular weight is 147 g/mol. The molecule has 4 heteroatoms. The van der Waals surface area contributed by atoms with Gasteiger partial charge in [-0.1, -0.05) is 11.8 Å². The van der Waals surface area contributed by atoms with Gasteiger partial charge in [-0.15, -0.1) is 0 Å². The molecule has 0 radical (unpaired) electrons. The van der Waals surface area contributed by atoms with E-state index in [0.717, 1.165) is 18.7 Å². The summed E-state index contributed by atoms with van der Waals surface area (Å²) in [4.78, 5) is 15.6. The minimum absolute atomic E-state index is 0.0313. The first-order valence-electron chi connectivity index (χ1n) is 2.83. The fourth-order valence-electron chi connectivity index (χ4n) is 0.697. The van der Waals surface area contributed by atoms with Crippen molar-refractivity contribution in [3.8, 4) is 0 Å². The number of thioether (sulfide) groups is 1. The number of hydrogen-bond donors (Lipinski definition) is 0. The lowest BCUT2D eigenvalue weighted by Gasteiger charge is -2.22. The predicted octanol–water partition coefficient (Wildman–Crippen LogP) is 1.11. The van der Waals surface area contributed by atoms with Gasteiger partial charge in [-0.2, -0.15) is 0 Å². The molecule has 1 saturated heterocycles. The summed E-state index contributed by atoms with van der Waals surface area (Å²) in [6.07, 6.45) is 1.03. The molecular formula is C5H9NO2S. The van der Waals surface area contributed by atoms with E-state index < -0.39 is 0 Å². The zero-order valence-corrected chi connectivity index (χ0v) is 6.11. The molecule has 1 aliphatic heterocycles. The third-order valence-electron chi connectivity index (χ3n) is 1.16. The molecule has 0 spiro atoms. The van der Waals surface area contributed by atoms with Crippen LogP contribution >= 0.6 is 11.8 Å². The van der Waals surface area contributed by atoms with E-state index in [-0.39, 0.29) is 5.24 Å². The van der Waals surface area contributed by atoms with Crippen molar-refractivity contribution in [2.75, 3.05) is 19.4 Å². The third-order valence-corrected chi connectivity index (χ3v) is 2.10. The molecule has 0 N–H and O–H groups in total. The lowest BCUT2D eigenvalue weighted by molar-refractivity contribution is -0.0776. The van der Waals surface area contributed by atoms with Gasteiger partial charge in [0.15, 0.2) is 0 Å². The van der Waals surface area contributed by atoms with E-state index in [4.69, 9.17) is 4.84 Å². The molecule has 0 unspecified atom stereocenters. The number of hydrogen-bond acceptors (Lipinski definition) is 3. The quantitative estimate of drug-likeness (QED) is 0.556. The SMILES string of the molecule is CON1CCCSC1=O. The summed E-state index contributed by atoms with van der Waals surface area (Å²) in [5, 5.41) is 1.41. The van der Waals surface area contributed by atoms with Crippen molar-refractivity contribution in [1.29, 1.82) is 0 Å². The molecule has 1 rings (SSSR count). The zero-order valence-electron chi connectivity index (χ0n) is 5.29. The fourth-order valence-corrected chi connectivity index (χ4v) is 1.45. The van der Waals surface area contributed by atoms with E-state index in [0.29, 0.717) is 0 Å². The summed E-state index contributed by atoms with van der Waals surface area (Å²) in [7, 11) is 1.52. The van der Waals surface area contributed by atoms with Crippen LogP contribution in [0.15, 0.2) is 0 Å². The largest absolute Gasteiger partial charge is 0.305 e. The van der Waals surface area contributed by atoms with Crippen LogP contribution in [0.25, 0.3) is 0 Å². The predicted molar refractivity (Wildman–Crippen MR) is 36.2 cm³/mol. The summed E-state index contributed by atoms with van der Waals surface area (Å²) in [6.45, 7) is 0.738. The van der Waals surface area contributed by atoms with Crippen molar-refractivity contribution in [3.05, 3.63) is 0 Å². The summed E-state index contributed by atoms with van der Waals surface area (Å²) in [5.74, 6) is 0.929. The Bertz CT molecular complexity index is 118. The molecule has 0 saturated carbocycles. The number of hydroxylamine groups is 2. The Kier molecular flexibility index (Phi) is 2.36. The number of amides is 1. The molecule has 0 aromatic carbocycles. The summed E-state index contributed by atoms with van der Waals surface area (Å²) in [6, 6.07) is 0. The minimum Gasteiger partial charge on any atom is -0.274 e. The second-order valence-electron chi connectivity index (χ2n) is 1.75. The maximum Gasteiger partial charge on any atom is 0.305 e. The first kappa shape index (κ1) is 6.89. The van der Waals surface area contributed by atoms with Crippen LogP contribution in [0.4, 0.5) is 4.79 Å². The van der Waals surface area contributed by atoms with Gasteiger partial charge < -0.3 is 0 Å². The van der Waals surface area contributed by atoms with Crippen LogP contribution in [-0.4, -0.2) is 29.7 Å². The first-order valence-corrected chi connectivity index (χ1v) is 3.81. The lowest BCUT2D eigenvalue weighted by atomic mass is 10.5. The van der Waals surface area contributed by atoms with E-state index in [1.807, 2.05) is 0 Å².